The van der Waals surface area contributed by atoms with Gasteiger partial charge in [-0.3, -0.25) is 9.48 Å². The van der Waals surface area contributed by atoms with Crippen molar-refractivity contribution in [3.8, 4) is 0 Å². The highest BCUT2D eigenvalue weighted by atomic mass is 32.2. The number of carbonyl (C=O) groups is 1. The van der Waals surface area contributed by atoms with Gasteiger partial charge in [-0.15, -0.1) is 0 Å². The molecule has 0 spiro atoms. The van der Waals surface area contributed by atoms with Crippen LogP contribution in [0.5, 0.6) is 0 Å². The van der Waals surface area contributed by atoms with Crippen molar-refractivity contribution in [3.05, 3.63) is 18.0 Å². The van der Waals surface area contributed by atoms with Gasteiger partial charge in [-0.2, -0.15) is 9.82 Å². The molecule has 22 heavy (non-hydrogen) atoms. The number of sulfonamides is 1. The van der Waals surface area contributed by atoms with E-state index in [1.54, 1.807) is 7.05 Å². The largest absolute Gasteiger partial charge is 0.480 e. The lowest BCUT2D eigenvalue weighted by atomic mass is 9.71. The van der Waals surface area contributed by atoms with E-state index < -0.39 is 27.4 Å². The summed E-state index contributed by atoms with van der Waals surface area (Å²) in [5, 5.41) is 13.2. The molecule has 0 bridgehead atoms. The summed E-state index contributed by atoms with van der Waals surface area (Å²) in [7, 11) is -0.656. The number of hydrogen-bond acceptors (Lipinski definition) is 5. The highest BCUT2D eigenvalue weighted by molar-refractivity contribution is 7.89. The van der Waals surface area contributed by atoms with Crippen molar-refractivity contribution < 1.29 is 23.1 Å². The number of aryl methyl sites for hydroxylation is 1. The molecule has 1 aliphatic rings. The SMILES string of the molecule is COCC1(CS(=O)(=O)NC(C(=O)O)c2ccnn2C)CCC1. The van der Waals surface area contributed by atoms with Crippen LogP contribution >= 0.6 is 0 Å². The van der Waals surface area contributed by atoms with E-state index in [0.29, 0.717) is 6.61 Å². The summed E-state index contributed by atoms with van der Waals surface area (Å²) in [5.74, 6) is -1.39. The Kier molecular flexibility index (Phi) is 4.88. The van der Waals surface area contributed by atoms with Gasteiger partial charge in [0.25, 0.3) is 0 Å². The van der Waals surface area contributed by atoms with Crippen molar-refractivity contribution in [1.82, 2.24) is 14.5 Å². The minimum atomic E-state index is -3.76. The highest BCUT2D eigenvalue weighted by Gasteiger charge is 2.42. The van der Waals surface area contributed by atoms with Crippen molar-refractivity contribution in [2.75, 3.05) is 19.5 Å². The fourth-order valence-corrected chi connectivity index (χ4v) is 4.68. The first-order valence-electron chi connectivity index (χ1n) is 6.98. The molecule has 8 nitrogen and oxygen atoms in total. The van der Waals surface area contributed by atoms with Crippen LogP contribution in [-0.2, 0) is 26.6 Å². The van der Waals surface area contributed by atoms with Crippen LogP contribution in [0.2, 0.25) is 0 Å². The molecule has 124 valence electrons. The van der Waals surface area contributed by atoms with E-state index in [2.05, 4.69) is 9.82 Å². The summed E-state index contributed by atoms with van der Waals surface area (Å²) < 4.78 is 33.5. The molecule has 0 saturated heterocycles. The van der Waals surface area contributed by atoms with E-state index in [4.69, 9.17) is 4.74 Å². The standard InChI is InChI=1S/C13H21N3O5S/c1-16-10(4-7-14-16)11(12(17)18)15-22(19,20)9-13(8-21-2)5-3-6-13/h4,7,11,15H,3,5-6,8-9H2,1-2H3,(H,17,18). The molecule has 1 atom stereocenters. The Balaban J connectivity index is 2.15. The third-order valence-electron chi connectivity index (χ3n) is 4.06. The summed E-state index contributed by atoms with van der Waals surface area (Å²) in [6.07, 6.45) is 3.93. The smallest absolute Gasteiger partial charge is 0.327 e. The lowest BCUT2D eigenvalue weighted by molar-refractivity contribution is -0.139. The van der Waals surface area contributed by atoms with Gasteiger partial charge in [0.05, 0.1) is 18.1 Å². The second-order valence-corrected chi connectivity index (χ2v) is 7.57. The van der Waals surface area contributed by atoms with Gasteiger partial charge in [0, 0.05) is 25.8 Å². The van der Waals surface area contributed by atoms with Gasteiger partial charge in [-0.05, 0) is 18.9 Å². The molecule has 0 aliphatic heterocycles. The lowest BCUT2D eigenvalue weighted by Gasteiger charge is -2.41. The van der Waals surface area contributed by atoms with Crippen LogP contribution in [0, 0.1) is 5.41 Å². The molecule has 1 aromatic rings. The van der Waals surface area contributed by atoms with Gasteiger partial charge in [0.1, 0.15) is 0 Å². The Bertz CT molecular complexity index is 636. The van der Waals surface area contributed by atoms with Crippen LogP contribution in [0.15, 0.2) is 12.3 Å². The van der Waals surface area contributed by atoms with Gasteiger partial charge in [-0.25, -0.2) is 8.42 Å². The van der Waals surface area contributed by atoms with Crippen LogP contribution in [0.1, 0.15) is 31.0 Å². The molecule has 1 aromatic heterocycles. The fourth-order valence-electron chi connectivity index (χ4n) is 2.84. The van der Waals surface area contributed by atoms with E-state index in [-0.39, 0.29) is 11.4 Å². The number of ether oxygens (including phenoxy) is 1. The second kappa shape index (κ2) is 6.35. The molecule has 0 amide bonds. The Morgan fingerprint density at radius 2 is 2.27 bits per heavy atom. The third-order valence-corrected chi connectivity index (χ3v) is 5.65. The van der Waals surface area contributed by atoms with Crippen LogP contribution in [0.3, 0.4) is 0 Å². The van der Waals surface area contributed by atoms with Crippen molar-refractivity contribution >= 4 is 16.0 Å². The van der Waals surface area contributed by atoms with Gasteiger partial charge in [-0.1, -0.05) is 6.42 Å². The first-order chi connectivity index (χ1) is 10.3. The molecule has 1 saturated carbocycles. The zero-order valence-corrected chi connectivity index (χ0v) is 13.5. The molecule has 2 N–H and O–H groups in total. The van der Waals surface area contributed by atoms with E-state index in [9.17, 15) is 18.3 Å². The van der Waals surface area contributed by atoms with Crippen molar-refractivity contribution in [2.24, 2.45) is 12.5 Å². The van der Waals surface area contributed by atoms with Crippen LogP contribution < -0.4 is 4.72 Å². The van der Waals surface area contributed by atoms with E-state index in [1.165, 1.54) is 24.1 Å². The molecule has 0 aromatic carbocycles. The molecule has 1 unspecified atom stereocenters. The number of carboxylic acid groups (broad SMARTS) is 1. The lowest BCUT2D eigenvalue weighted by Crippen LogP contribution is -2.46. The molecular weight excluding hydrogens is 310 g/mol. The number of rotatable bonds is 8. The predicted molar refractivity (Wildman–Crippen MR) is 78.7 cm³/mol. The molecule has 9 heteroatoms. The Morgan fingerprint density at radius 1 is 1.59 bits per heavy atom. The first kappa shape index (κ1) is 16.9. The Labute approximate surface area is 129 Å². The van der Waals surface area contributed by atoms with Gasteiger partial charge >= 0.3 is 5.97 Å². The summed E-state index contributed by atoms with van der Waals surface area (Å²) in [6.45, 7) is 0.358. The molecule has 1 fully saturated rings. The highest BCUT2D eigenvalue weighted by Crippen LogP contribution is 2.42. The van der Waals surface area contributed by atoms with E-state index in [0.717, 1.165) is 19.3 Å². The van der Waals surface area contributed by atoms with Crippen molar-refractivity contribution in [1.29, 1.82) is 0 Å². The summed E-state index contributed by atoms with van der Waals surface area (Å²) in [4.78, 5) is 11.4. The average molecular weight is 331 g/mol. The van der Waals surface area contributed by atoms with Crippen LogP contribution in [-0.4, -0.2) is 48.7 Å². The number of hydrogen-bond donors (Lipinski definition) is 2. The zero-order valence-electron chi connectivity index (χ0n) is 12.7. The van der Waals surface area contributed by atoms with Crippen molar-refractivity contribution in [3.63, 3.8) is 0 Å². The third kappa shape index (κ3) is 3.65. The maximum atomic E-state index is 12.4. The average Bonchev–Trinajstić information content (AvgIpc) is 2.79. The number of aromatic nitrogens is 2. The number of nitrogens with one attached hydrogen (secondary N) is 1. The Morgan fingerprint density at radius 3 is 2.68 bits per heavy atom. The van der Waals surface area contributed by atoms with Crippen molar-refractivity contribution in [2.45, 2.75) is 25.3 Å². The molecule has 2 rings (SSSR count). The molecule has 1 aliphatic carbocycles. The number of aliphatic carboxylic acids is 1. The predicted octanol–water partition coefficient (Wildman–Crippen LogP) is 0.282. The van der Waals surface area contributed by atoms with Crippen LogP contribution in [0.25, 0.3) is 0 Å². The molecule has 1 heterocycles. The maximum absolute atomic E-state index is 12.4. The number of methoxy groups -OCH3 is 1. The Hall–Kier alpha value is -1.45. The zero-order chi connectivity index (χ0) is 16.4. The second-order valence-electron chi connectivity index (χ2n) is 5.81. The number of nitrogens with zero attached hydrogens (tertiary/aromatic N) is 2. The molecule has 0 radical (unpaired) electrons. The molecular formula is C13H21N3O5S. The monoisotopic (exact) mass is 331 g/mol. The summed E-state index contributed by atoms with van der Waals surface area (Å²) in [5.41, 5.74) is -0.124. The van der Waals surface area contributed by atoms with Gasteiger partial charge in [0.15, 0.2) is 6.04 Å². The van der Waals surface area contributed by atoms with Crippen LogP contribution in [0.4, 0.5) is 0 Å². The van der Waals surface area contributed by atoms with Gasteiger partial charge < -0.3 is 9.84 Å². The normalized spacial score (nSPS) is 18.6. The minimum Gasteiger partial charge on any atom is -0.480 e. The van der Waals surface area contributed by atoms with E-state index in [1.807, 2.05) is 0 Å². The first-order valence-corrected chi connectivity index (χ1v) is 8.63. The summed E-state index contributed by atoms with van der Waals surface area (Å²) in [6, 6.07) is 0.132. The van der Waals surface area contributed by atoms with Gasteiger partial charge in [0.2, 0.25) is 10.0 Å². The quantitative estimate of drug-likeness (QED) is 0.708. The van der Waals surface area contributed by atoms with E-state index >= 15 is 0 Å². The minimum absolute atomic E-state index is 0.129. The maximum Gasteiger partial charge on any atom is 0.327 e. The topological polar surface area (TPSA) is 111 Å². The summed E-state index contributed by atoms with van der Waals surface area (Å²) >= 11 is 0. The fraction of sp³-hybridized carbons (Fsp3) is 0.692. The number of carboxylic acids is 1.